The molecule has 6 nitrogen and oxygen atoms in total. The van der Waals surface area contributed by atoms with Crippen molar-refractivity contribution in [2.24, 2.45) is 5.92 Å². The molecule has 1 fully saturated rings. The fraction of sp³-hybridized carbons (Fsp3) is 0.333. The Morgan fingerprint density at radius 3 is 2.50 bits per heavy atom. The summed E-state index contributed by atoms with van der Waals surface area (Å²) in [6.07, 6.45) is 1.11. The van der Waals surface area contributed by atoms with E-state index in [4.69, 9.17) is 9.47 Å². The van der Waals surface area contributed by atoms with E-state index in [1.165, 1.54) is 12.1 Å². The first-order chi connectivity index (χ1) is 13.6. The Kier molecular flexibility index (Phi) is 6.47. The second-order valence-corrected chi connectivity index (χ2v) is 6.59. The molecule has 3 rings (SSSR count). The van der Waals surface area contributed by atoms with Crippen LogP contribution in [0.25, 0.3) is 0 Å². The van der Waals surface area contributed by atoms with E-state index in [-0.39, 0.29) is 24.3 Å². The Bertz CT molecular complexity index is 835. The summed E-state index contributed by atoms with van der Waals surface area (Å²) >= 11 is 0. The molecule has 1 aliphatic heterocycles. The third-order valence-electron chi connectivity index (χ3n) is 4.73. The highest BCUT2D eigenvalue weighted by molar-refractivity contribution is 5.92. The van der Waals surface area contributed by atoms with Crippen molar-refractivity contribution < 1.29 is 23.5 Å². The van der Waals surface area contributed by atoms with E-state index in [0.29, 0.717) is 43.1 Å². The molecule has 2 aromatic carbocycles. The predicted octanol–water partition coefficient (Wildman–Crippen LogP) is 3.09. The van der Waals surface area contributed by atoms with Gasteiger partial charge in [-0.2, -0.15) is 0 Å². The summed E-state index contributed by atoms with van der Waals surface area (Å²) in [5.41, 5.74) is 0.439. The summed E-state index contributed by atoms with van der Waals surface area (Å²) in [6, 6.07) is 13.0. The molecule has 0 aliphatic carbocycles. The molecule has 148 valence electrons. The smallest absolute Gasteiger partial charge is 0.260 e. The van der Waals surface area contributed by atoms with Gasteiger partial charge in [0.2, 0.25) is 5.91 Å². The quantitative estimate of drug-likeness (QED) is 0.829. The zero-order valence-electron chi connectivity index (χ0n) is 15.7. The number of methoxy groups -OCH3 is 1. The number of nitrogens with zero attached hydrogens (tertiary/aromatic N) is 1. The predicted molar refractivity (Wildman–Crippen MR) is 103 cm³/mol. The normalized spacial score (nSPS) is 14.4. The van der Waals surface area contributed by atoms with Gasteiger partial charge in [0.05, 0.1) is 7.11 Å². The van der Waals surface area contributed by atoms with Gasteiger partial charge < -0.3 is 19.7 Å². The minimum absolute atomic E-state index is 0.0828. The minimum Gasteiger partial charge on any atom is -0.493 e. The average Bonchev–Trinajstić information content (AvgIpc) is 2.72. The number of carbonyl (C=O) groups is 2. The first-order valence-corrected chi connectivity index (χ1v) is 9.17. The van der Waals surface area contributed by atoms with E-state index in [2.05, 4.69) is 5.32 Å². The monoisotopic (exact) mass is 386 g/mol. The highest BCUT2D eigenvalue weighted by Gasteiger charge is 2.27. The summed E-state index contributed by atoms with van der Waals surface area (Å²) in [6.45, 7) is 0.880. The molecule has 28 heavy (non-hydrogen) atoms. The second kappa shape index (κ2) is 9.21. The van der Waals surface area contributed by atoms with Crippen LogP contribution in [0.1, 0.15) is 12.8 Å². The van der Waals surface area contributed by atoms with Gasteiger partial charge in [-0.05, 0) is 43.2 Å². The number of likely N-dealkylation sites (tertiary alicyclic amines) is 1. The topological polar surface area (TPSA) is 67.9 Å². The highest BCUT2D eigenvalue weighted by atomic mass is 19.1. The molecular weight excluding hydrogens is 363 g/mol. The molecule has 7 heteroatoms. The lowest BCUT2D eigenvalue weighted by atomic mass is 9.95. The van der Waals surface area contributed by atoms with Crippen molar-refractivity contribution >= 4 is 17.5 Å². The first-order valence-electron chi connectivity index (χ1n) is 9.17. The van der Waals surface area contributed by atoms with Crippen molar-refractivity contribution in [3.63, 3.8) is 0 Å². The molecule has 1 N–H and O–H groups in total. The number of ether oxygens (including phenoxy) is 2. The van der Waals surface area contributed by atoms with Crippen molar-refractivity contribution in [2.45, 2.75) is 12.8 Å². The Morgan fingerprint density at radius 2 is 1.82 bits per heavy atom. The van der Waals surface area contributed by atoms with E-state index in [0.717, 1.165) is 0 Å². The molecule has 2 aromatic rings. The van der Waals surface area contributed by atoms with E-state index in [1.54, 1.807) is 36.3 Å². The van der Waals surface area contributed by atoms with E-state index in [9.17, 15) is 14.0 Å². The zero-order valence-corrected chi connectivity index (χ0v) is 15.7. The van der Waals surface area contributed by atoms with Crippen LogP contribution in [0, 0.1) is 11.7 Å². The van der Waals surface area contributed by atoms with Crippen LogP contribution in [0.5, 0.6) is 11.5 Å². The number of benzene rings is 2. The zero-order chi connectivity index (χ0) is 19.9. The Morgan fingerprint density at radius 1 is 1.11 bits per heavy atom. The Hall–Kier alpha value is -3.09. The van der Waals surface area contributed by atoms with Gasteiger partial charge in [-0.15, -0.1) is 0 Å². The maximum Gasteiger partial charge on any atom is 0.260 e. The minimum atomic E-state index is -0.395. The van der Waals surface area contributed by atoms with Crippen molar-refractivity contribution in [3.05, 3.63) is 54.3 Å². The number of carbonyl (C=O) groups excluding carboxylic acids is 2. The van der Waals surface area contributed by atoms with Crippen LogP contribution in [0.2, 0.25) is 0 Å². The van der Waals surface area contributed by atoms with Crippen molar-refractivity contribution in [1.29, 1.82) is 0 Å². The molecule has 0 spiro atoms. The third kappa shape index (κ3) is 5.00. The summed E-state index contributed by atoms with van der Waals surface area (Å²) in [5, 5.41) is 2.73. The molecule has 0 aromatic heterocycles. The summed E-state index contributed by atoms with van der Waals surface area (Å²) in [5.74, 6) is 0.208. The number of anilines is 1. The maximum atomic E-state index is 13.2. The van der Waals surface area contributed by atoms with Crippen LogP contribution in [-0.2, 0) is 9.59 Å². The van der Waals surface area contributed by atoms with Crippen LogP contribution in [-0.4, -0.2) is 43.5 Å². The fourth-order valence-corrected chi connectivity index (χ4v) is 3.17. The number of rotatable bonds is 6. The number of hydrogen-bond donors (Lipinski definition) is 1. The van der Waals surface area contributed by atoms with Crippen molar-refractivity contribution in [2.75, 3.05) is 32.1 Å². The van der Waals surface area contributed by atoms with Crippen molar-refractivity contribution in [1.82, 2.24) is 4.90 Å². The largest absolute Gasteiger partial charge is 0.493 e. The van der Waals surface area contributed by atoms with E-state index >= 15 is 0 Å². The Labute approximate surface area is 163 Å². The first kappa shape index (κ1) is 19.7. The number of amides is 2. The summed E-state index contributed by atoms with van der Waals surface area (Å²) in [7, 11) is 1.55. The lowest BCUT2D eigenvalue weighted by Gasteiger charge is -2.31. The summed E-state index contributed by atoms with van der Waals surface area (Å²) in [4.78, 5) is 26.5. The number of piperidine rings is 1. The van der Waals surface area contributed by atoms with Gasteiger partial charge in [0.1, 0.15) is 5.82 Å². The van der Waals surface area contributed by atoms with Gasteiger partial charge in [0.25, 0.3) is 5.91 Å². The number of hydrogen-bond acceptors (Lipinski definition) is 4. The van der Waals surface area contributed by atoms with Gasteiger partial charge >= 0.3 is 0 Å². The van der Waals surface area contributed by atoms with E-state index < -0.39 is 5.82 Å². The van der Waals surface area contributed by atoms with Crippen LogP contribution in [0.4, 0.5) is 10.1 Å². The molecule has 0 bridgehead atoms. The lowest BCUT2D eigenvalue weighted by Crippen LogP contribution is -2.43. The second-order valence-electron chi connectivity index (χ2n) is 6.59. The molecule has 2 amide bonds. The van der Waals surface area contributed by atoms with Crippen LogP contribution < -0.4 is 14.8 Å². The third-order valence-corrected chi connectivity index (χ3v) is 4.73. The number of halogens is 1. The molecule has 1 aliphatic rings. The fourth-order valence-electron chi connectivity index (χ4n) is 3.17. The van der Waals surface area contributed by atoms with Gasteiger partial charge in [-0.3, -0.25) is 9.59 Å². The molecule has 1 saturated heterocycles. The van der Waals surface area contributed by atoms with Crippen molar-refractivity contribution in [3.8, 4) is 11.5 Å². The van der Waals surface area contributed by atoms with Gasteiger partial charge in [0.15, 0.2) is 18.1 Å². The summed E-state index contributed by atoms with van der Waals surface area (Å²) < 4.78 is 24.0. The van der Waals surface area contributed by atoms with Gasteiger partial charge in [-0.25, -0.2) is 4.39 Å². The van der Waals surface area contributed by atoms with Crippen LogP contribution >= 0.6 is 0 Å². The van der Waals surface area contributed by atoms with Crippen LogP contribution in [0.3, 0.4) is 0 Å². The molecule has 0 saturated carbocycles. The van der Waals surface area contributed by atoms with Gasteiger partial charge in [0, 0.05) is 24.7 Å². The highest BCUT2D eigenvalue weighted by Crippen LogP contribution is 2.26. The molecule has 1 heterocycles. The van der Waals surface area contributed by atoms with Crippen LogP contribution in [0.15, 0.2) is 48.5 Å². The Balaban J connectivity index is 1.46. The molecule has 0 radical (unpaired) electrons. The molecular formula is C21H23FN2O4. The number of para-hydroxylation sites is 2. The van der Waals surface area contributed by atoms with E-state index in [1.807, 2.05) is 12.1 Å². The number of nitrogens with one attached hydrogen (secondary N) is 1. The molecule has 0 atom stereocenters. The standard InChI is InChI=1S/C21H23FN2O4/c1-27-18-7-2-3-8-19(18)28-14-20(25)24-11-9-15(10-12-24)21(26)23-17-6-4-5-16(22)13-17/h2-8,13,15H,9-12,14H2,1H3,(H,23,26). The van der Waals surface area contributed by atoms with Gasteiger partial charge in [-0.1, -0.05) is 18.2 Å². The molecule has 0 unspecified atom stereocenters. The maximum absolute atomic E-state index is 13.2. The SMILES string of the molecule is COc1ccccc1OCC(=O)N1CCC(C(=O)Nc2cccc(F)c2)CC1. The average molecular weight is 386 g/mol. The lowest BCUT2D eigenvalue weighted by molar-refractivity contribution is -0.136.